The standard InChI is InChI=1S/C14H13Cl3N2O2/c15-11-2-1-3-12(14(11)17)21-8-10(20)7-19-9-4-5-18-13(16)6-9/h1-6,10,20H,7-8H2,(H,18,19). The molecule has 21 heavy (non-hydrogen) atoms. The molecule has 0 bridgehead atoms. The third kappa shape index (κ3) is 4.93. The number of halogens is 3. The second-order valence-corrected chi connectivity index (χ2v) is 5.44. The van der Waals surface area contributed by atoms with E-state index in [9.17, 15) is 5.11 Å². The van der Waals surface area contributed by atoms with Crippen LogP contribution >= 0.6 is 34.8 Å². The molecule has 0 saturated carbocycles. The summed E-state index contributed by atoms with van der Waals surface area (Å²) in [5, 5.41) is 14.1. The first-order chi connectivity index (χ1) is 10.1. The minimum atomic E-state index is -0.716. The van der Waals surface area contributed by atoms with Gasteiger partial charge in [0.05, 0.1) is 5.02 Å². The highest BCUT2D eigenvalue weighted by Gasteiger charge is 2.09. The number of hydrogen-bond donors (Lipinski definition) is 2. The van der Waals surface area contributed by atoms with Crippen LogP contribution < -0.4 is 10.1 Å². The van der Waals surface area contributed by atoms with Gasteiger partial charge in [0.2, 0.25) is 0 Å². The van der Waals surface area contributed by atoms with Crippen LogP contribution in [0.5, 0.6) is 5.75 Å². The maximum absolute atomic E-state index is 9.89. The summed E-state index contributed by atoms with van der Waals surface area (Å²) in [6, 6.07) is 8.52. The second kappa shape index (κ2) is 7.71. The number of aliphatic hydroxyl groups is 1. The van der Waals surface area contributed by atoms with Crippen molar-refractivity contribution in [3.05, 3.63) is 51.7 Å². The van der Waals surface area contributed by atoms with Crippen molar-refractivity contribution in [2.75, 3.05) is 18.5 Å². The molecule has 2 rings (SSSR count). The summed E-state index contributed by atoms with van der Waals surface area (Å²) >= 11 is 17.6. The van der Waals surface area contributed by atoms with Crippen LogP contribution in [0.25, 0.3) is 0 Å². The van der Waals surface area contributed by atoms with Crippen molar-refractivity contribution in [1.29, 1.82) is 0 Å². The van der Waals surface area contributed by atoms with Crippen LogP contribution in [0.4, 0.5) is 5.69 Å². The Kier molecular flexibility index (Phi) is 5.94. The number of aliphatic hydroxyl groups excluding tert-OH is 1. The van der Waals surface area contributed by atoms with Gasteiger partial charge in [-0.25, -0.2) is 4.98 Å². The van der Waals surface area contributed by atoms with E-state index in [1.165, 1.54) is 0 Å². The van der Waals surface area contributed by atoms with Crippen LogP contribution in [-0.2, 0) is 0 Å². The minimum absolute atomic E-state index is 0.0892. The molecule has 1 heterocycles. The fourth-order valence-corrected chi connectivity index (χ4v) is 2.11. The van der Waals surface area contributed by atoms with Gasteiger partial charge >= 0.3 is 0 Å². The molecule has 0 aliphatic heterocycles. The maximum Gasteiger partial charge on any atom is 0.139 e. The van der Waals surface area contributed by atoms with E-state index in [0.717, 1.165) is 5.69 Å². The van der Waals surface area contributed by atoms with Crippen LogP contribution in [-0.4, -0.2) is 29.3 Å². The Bertz CT molecular complexity index is 611. The topological polar surface area (TPSA) is 54.4 Å². The number of nitrogens with one attached hydrogen (secondary N) is 1. The molecule has 7 heteroatoms. The van der Waals surface area contributed by atoms with Gasteiger partial charge in [-0.05, 0) is 24.3 Å². The molecule has 2 aromatic rings. The van der Waals surface area contributed by atoms with Gasteiger partial charge in [0.25, 0.3) is 0 Å². The SMILES string of the molecule is OC(CNc1ccnc(Cl)c1)COc1cccc(Cl)c1Cl. The lowest BCUT2D eigenvalue weighted by Gasteiger charge is -2.15. The maximum atomic E-state index is 9.89. The third-order valence-corrected chi connectivity index (χ3v) is 3.62. The number of benzene rings is 1. The first-order valence-corrected chi connectivity index (χ1v) is 7.30. The van der Waals surface area contributed by atoms with E-state index >= 15 is 0 Å². The number of anilines is 1. The predicted octanol–water partition coefficient (Wildman–Crippen LogP) is 3.89. The highest BCUT2D eigenvalue weighted by Crippen LogP contribution is 2.31. The van der Waals surface area contributed by atoms with Crippen LogP contribution in [0, 0.1) is 0 Å². The van der Waals surface area contributed by atoms with E-state index in [4.69, 9.17) is 39.5 Å². The molecule has 1 unspecified atom stereocenters. The van der Waals surface area contributed by atoms with E-state index in [1.807, 2.05) is 0 Å². The van der Waals surface area contributed by atoms with Gasteiger partial charge in [0.1, 0.15) is 28.6 Å². The van der Waals surface area contributed by atoms with Gasteiger partial charge in [0.15, 0.2) is 0 Å². The van der Waals surface area contributed by atoms with E-state index in [-0.39, 0.29) is 6.61 Å². The zero-order chi connectivity index (χ0) is 15.2. The monoisotopic (exact) mass is 346 g/mol. The van der Waals surface area contributed by atoms with Crippen molar-refractivity contribution >= 4 is 40.5 Å². The molecular formula is C14H13Cl3N2O2. The molecular weight excluding hydrogens is 335 g/mol. The van der Waals surface area contributed by atoms with Gasteiger partial charge < -0.3 is 15.2 Å². The number of aromatic nitrogens is 1. The van der Waals surface area contributed by atoms with Crippen molar-refractivity contribution in [3.8, 4) is 5.75 Å². The molecule has 0 spiro atoms. The largest absolute Gasteiger partial charge is 0.489 e. The zero-order valence-corrected chi connectivity index (χ0v) is 13.2. The summed E-state index contributed by atoms with van der Waals surface area (Å²) in [5.74, 6) is 0.440. The van der Waals surface area contributed by atoms with Crippen molar-refractivity contribution < 1.29 is 9.84 Å². The predicted molar refractivity (Wildman–Crippen MR) is 85.7 cm³/mol. The van der Waals surface area contributed by atoms with Crippen molar-refractivity contribution in [2.45, 2.75) is 6.10 Å². The lowest BCUT2D eigenvalue weighted by atomic mass is 10.3. The average molecular weight is 348 g/mol. The number of hydrogen-bond acceptors (Lipinski definition) is 4. The molecule has 0 fully saturated rings. The van der Waals surface area contributed by atoms with Crippen molar-refractivity contribution in [1.82, 2.24) is 4.98 Å². The zero-order valence-electron chi connectivity index (χ0n) is 10.9. The quantitative estimate of drug-likeness (QED) is 0.778. The molecule has 1 aromatic carbocycles. The third-order valence-electron chi connectivity index (χ3n) is 2.62. The van der Waals surface area contributed by atoms with Crippen molar-refractivity contribution in [2.24, 2.45) is 0 Å². The van der Waals surface area contributed by atoms with Gasteiger partial charge in [-0.1, -0.05) is 40.9 Å². The summed E-state index contributed by atoms with van der Waals surface area (Å²) in [4.78, 5) is 3.87. The van der Waals surface area contributed by atoms with Gasteiger partial charge in [-0.15, -0.1) is 0 Å². The Labute approximate surface area is 137 Å². The van der Waals surface area contributed by atoms with Gasteiger partial charge in [-0.3, -0.25) is 0 Å². The van der Waals surface area contributed by atoms with Gasteiger partial charge in [0, 0.05) is 18.4 Å². The number of pyridine rings is 1. The summed E-state index contributed by atoms with van der Waals surface area (Å²) in [7, 11) is 0. The smallest absolute Gasteiger partial charge is 0.139 e. The lowest BCUT2D eigenvalue weighted by Crippen LogP contribution is -2.26. The van der Waals surface area contributed by atoms with Crippen LogP contribution in [0.3, 0.4) is 0 Å². The molecule has 0 aliphatic carbocycles. The highest BCUT2D eigenvalue weighted by molar-refractivity contribution is 6.42. The first-order valence-electron chi connectivity index (χ1n) is 6.16. The Hall–Kier alpha value is -1.20. The Balaban J connectivity index is 1.82. The number of ether oxygens (including phenoxy) is 1. The van der Waals surface area contributed by atoms with E-state index in [0.29, 0.717) is 27.5 Å². The molecule has 4 nitrogen and oxygen atoms in total. The van der Waals surface area contributed by atoms with Crippen LogP contribution in [0.2, 0.25) is 15.2 Å². The minimum Gasteiger partial charge on any atom is -0.489 e. The Morgan fingerprint density at radius 1 is 1.24 bits per heavy atom. The van der Waals surface area contributed by atoms with Crippen molar-refractivity contribution in [3.63, 3.8) is 0 Å². The summed E-state index contributed by atoms with van der Waals surface area (Å²) in [6.07, 6.45) is 0.867. The molecule has 0 radical (unpaired) electrons. The number of nitrogens with zero attached hydrogens (tertiary/aromatic N) is 1. The normalized spacial score (nSPS) is 12.0. The van der Waals surface area contributed by atoms with E-state index in [2.05, 4.69) is 10.3 Å². The highest BCUT2D eigenvalue weighted by atomic mass is 35.5. The van der Waals surface area contributed by atoms with Gasteiger partial charge in [-0.2, -0.15) is 0 Å². The van der Waals surface area contributed by atoms with E-state index in [1.54, 1.807) is 36.5 Å². The van der Waals surface area contributed by atoms with Crippen LogP contribution in [0.15, 0.2) is 36.5 Å². The molecule has 2 N–H and O–H groups in total. The van der Waals surface area contributed by atoms with Crippen LogP contribution in [0.1, 0.15) is 0 Å². The van der Waals surface area contributed by atoms with E-state index < -0.39 is 6.10 Å². The Morgan fingerprint density at radius 2 is 2.05 bits per heavy atom. The fourth-order valence-electron chi connectivity index (χ4n) is 1.59. The lowest BCUT2D eigenvalue weighted by molar-refractivity contribution is 0.117. The first kappa shape index (κ1) is 16.2. The summed E-state index contributed by atoms with van der Waals surface area (Å²) in [5.41, 5.74) is 0.773. The second-order valence-electron chi connectivity index (χ2n) is 4.26. The Morgan fingerprint density at radius 3 is 2.81 bits per heavy atom. The molecule has 1 aromatic heterocycles. The summed E-state index contributed by atoms with van der Waals surface area (Å²) in [6.45, 7) is 0.393. The molecule has 0 amide bonds. The molecule has 0 saturated heterocycles. The molecule has 0 aliphatic rings. The summed E-state index contributed by atoms with van der Waals surface area (Å²) < 4.78 is 5.45. The number of rotatable bonds is 6. The molecule has 112 valence electrons. The molecule has 1 atom stereocenters. The average Bonchev–Trinajstić information content (AvgIpc) is 2.47. The fraction of sp³-hybridized carbons (Fsp3) is 0.214.